The van der Waals surface area contributed by atoms with Gasteiger partial charge in [0.1, 0.15) is 11.6 Å². The van der Waals surface area contributed by atoms with E-state index in [1.165, 1.54) is 6.07 Å². The summed E-state index contributed by atoms with van der Waals surface area (Å²) in [4.78, 5) is 20.1. The van der Waals surface area contributed by atoms with E-state index >= 15 is 0 Å². The third-order valence-corrected chi connectivity index (χ3v) is 2.58. The predicted molar refractivity (Wildman–Crippen MR) is 58.6 cm³/mol. The Morgan fingerprint density at radius 3 is 3.25 bits per heavy atom. The first kappa shape index (κ1) is 11.1. The lowest BCUT2D eigenvalue weighted by atomic mass is 10.2. The van der Waals surface area contributed by atoms with Gasteiger partial charge in [-0.05, 0) is 6.92 Å². The van der Waals surface area contributed by atoms with Crippen LogP contribution in [0, 0.1) is 6.92 Å². The molecular formula is C10H15N3O3. The van der Waals surface area contributed by atoms with Crippen LogP contribution >= 0.6 is 0 Å². The van der Waals surface area contributed by atoms with Crippen molar-refractivity contribution in [3.05, 3.63) is 22.2 Å². The molecule has 1 aromatic heterocycles. The quantitative estimate of drug-likeness (QED) is 0.694. The van der Waals surface area contributed by atoms with Gasteiger partial charge in [0.05, 0.1) is 25.9 Å². The molecule has 0 bridgehead atoms. The molecule has 6 heteroatoms. The minimum atomic E-state index is -0.175. The van der Waals surface area contributed by atoms with Crippen molar-refractivity contribution in [3.8, 4) is 0 Å². The SMILES string of the molecule is Cc1nc(N2CCOCC2CO)cc(=O)[nH]1. The van der Waals surface area contributed by atoms with Gasteiger partial charge in [-0.3, -0.25) is 4.79 Å². The van der Waals surface area contributed by atoms with Crippen LogP contribution in [0.25, 0.3) is 0 Å². The van der Waals surface area contributed by atoms with E-state index in [4.69, 9.17) is 4.74 Å². The predicted octanol–water partition coefficient (Wildman–Crippen LogP) is -0.724. The molecule has 2 N–H and O–H groups in total. The molecular weight excluding hydrogens is 210 g/mol. The molecule has 1 saturated heterocycles. The van der Waals surface area contributed by atoms with E-state index in [1.54, 1.807) is 6.92 Å². The van der Waals surface area contributed by atoms with Gasteiger partial charge in [0.15, 0.2) is 0 Å². The first-order valence-electron chi connectivity index (χ1n) is 5.24. The van der Waals surface area contributed by atoms with Crippen LogP contribution in [0.5, 0.6) is 0 Å². The van der Waals surface area contributed by atoms with E-state index in [-0.39, 0.29) is 18.2 Å². The van der Waals surface area contributed by atoms with Gasteiger partial charge in [0.2, 0.25) is 0 Å². The number of H-pyrrole nitrogens is 1. The monoisotopic (exact) mass is 225 g/mol. The van der Waals surface area contributed by atoms with E-state index in [2.05, 4.69) is 9.97 Å². The van der Waals surface area contributed by atoms with Crippen LogP contribution in [0.1, 0.15) is 5.82 Å². The Morgan fingerprint density at radius 1 is 1.75 bits per heavy atom. The van der Waals surface area contributed by atoms with Gasteiger partial charge in [-0.25, -0.2) is 4.98 Å². The van der Waals surface area contributed by atoms with Crippen molar-refractivity contribution in [2.75, 3.05) is 31.3 Å². The van der Waals surface area contributed by atoms with Crippen molar-refractivity contribution in [1.29, 1.82) is 0 Å². The highest BCUT2D eigenvalue weighted by Crippen LogP contribution is 2.15. The Hall–Kier alpha value is -1.40. The van der Waals surface area contributed by atoms with Crippen LogP contribution in [0.2, 0.25) is 0 Å². The van der Waals surface area contributed by atoms with Crippen LogP contribution in [0.15, 0.2) is 10.9 Å². The number of hydrogen-bond acceptors (Lipinski definition) is 5. The summed E-state index contributed by atoms with van der Waals surface area (Å²) < 4.78 is 5.27. The summed E-state index contributed by atoms with van der Waals surface area (Å²) in [6.07, 6.45) is 0. The second-order valence-electron chi connectivity index (χ2n) is 3.79. The lowest BCUT2D eigenvalue weighted by Crippen LogP contribution is -2.48. The van der Waals surface area contributed by atoms with E-state index in [0.29, 0.717) is 31.4 Å². The third-order valence-electron chi connectivity index (χ3n) is 2.58. The third kappa shape index (κ3) is 2.23. The molecule has 2 rings (SSSR count). The van der Waals surface area contributed by atoms with Crippen molar-refractivity contribution in [1.82, 2.24) is 9.97 Å². The molecule has 0 spiro atoms. The number of aromatic amines is 1. The molecule has 16 heavy (non-hydrogen) atoms. The summed E-state index contributed by atoms with van der Waals surface area (Å²) in [5.41, 5.74) is -0.175. The Balaban J connectivity index is 2.30. The molecule has 0 amide bonds. The topological polar surface area (TPSA) is 78.5 Å². The average Bonchev–Trinajstić information content (AvgIpc) is 2.27. The maximum atomic E-state index is 11.3. The minimum Gasteiger partial charge on any atom is -0.394 e. The molecule has 88 valence electrons. The fourth-order valence-corrected chi connectivity index (χ4v) is 1.82. The first-order chi connectivity index (χ1) is 7.70. The molecule has 1 aromatic rings. The van der Waals surface area contributed by atoms with Crippen molar-refractivity contribution in [2.24, 2.45) is 0 Å². The summed E-state index contributed by atoms with van der Waals surface area (Å²) in [5.74, 6) is 1.18. The number of morpholine rings is 1. The molecule has 0 aliphatic carbocycles. The van der Waals surface area contributed by atoms with E-state index in [9.17, 15) is 9.90 Å². The molecule has 0 aromatic carbocycles. The highest BCUT2D eigenvalue weighted by molar-refractivity contribution is 5.39. The number of anilines is 1. The summed E-state index contributed by atoms with van der Waals surface area (Å²) in [7, 11) is 0. The van der Waals surface area contributed by atoms with Crippen LogP contribution < -0.4 is 10.5 Å². The highest BCUT2D eigenvalue weighted by atomic mass is 16.5. The zero-order valence-electron chi connectivity index (χ0n) is 9.14. The molecule has 0 radical (unpaired) electrons. The van der Waals surface area contributed by atoms with E-state index < -0.39 is 0 Å². The molecule has 2 heterocycles. The Bertz CT molecular complexity index is 418. The molecule has 1 unspecified atom stereocenters. The van der Waals surface area contributed by atoms with Gasteiger partial charge in [-0.2, -0.15) is 0 Å². The molecule has 0 saturated carbocycles. The zero-order chi connectivity index (χ0) is 11.5. The number of nitrogens with zero attached hydrogens (tertiary/aromatic N) is 2. The van der Waals surface area contributed by atoms with Gasteiger partial charge in [0.25, 0.3) is 5.56 Å². The van der Waals surface area contributed by atoms with Crippen molar-refractivity contribution in [2.45, 2.75) is 13.0 Å². The smallest absolute Gasteiger partial charge is 0.252 e. The maximum absolute atomic E-state index is 11.3. The maximum Gasteiger partial charge on any atom is 0.252 e. The van der Waals surface area contributed by atoms with Crippen molar-refractivity contribution >= 4 is 5.82 Å². The number of rotatable bonds is 2. The Kier molecular flexibility index (Phi) is 3.21. The first-order valence-corrected chi connectivity index (χ1v) is 5.24. The summed E-state index contributed by atoms with van der Waals surface area (Å²) in [5, 5.41) is 9.23. The summed E-state index contributed by atoms with van der Waals surface area (Å²) in [6, 6.07) is 1.32. The van der Waals surface area contributed by atoms with Gasteiger partial charge >= 0.3 is 0 Å². The fourth-order valence-electron chi connectivity index (χ4n) is 1.82. The molecule has 1 aliphatic heterocycles. The normalized spacial score (nSPS) is 21.1. The van der Waals surface area contributed by atoms with Crippen LogP contribution in [-0.2, 0) is 4.74 Å². The zero-order valence-corrected chi connectivity index (χ0v) is 9.14. The van der Waals surface area contributed by atoms with E-state index in [0.717, 1.165) is 0 Å². The standard InChI is InChI=1S/C10H15N3O3/c1-7-11-9(4-10(15)12-7)13-2-3-16-6-8(13)5-14/h4,8,14H,2-3,5-6H2,1H3,(H,11,12,15). The Morgan fingerprint density at radius 2 is 2.56 bits per heavy atom. The second-order valence-corrected chi connectivity index (χ2v) is 3.79. The van der Waals surface area contributed by atoms with Gasteiger partial charge < -0.3 is 19.7 Å². The number of hydrogen-bond donors (Lipinski definition) is 2. The number of aliphatic hydroxyl groups is 1. The molecule has 6 nitrogen and oxygen atoms in total. The number of nitrogens with one attached hydrogen (secondary N) is 1. The lowest BCUT2D eigenvalue weighted by molar-refractivity contribution is 0.0722. The van der Waals surface area contributed by atoms with Crippen LogP contribution in [0.3, 0.4) is 0 Å². The van der Waals surface area contributed by atoms with Crippen molar-refractivity contribution < 1.29 is 9.84 Å². The summed E-state index contributed by atoms with van der Waals surface area (Å²) in [6.45, 7) is 3.42. The average molecular weight is 225 g/mol. The minimum absolute atomic E-state index is 0.00642. The van der Waals surface area contributed by atoms with Gasteiger partial charge in [-0.15, -0.1) is 0 Å². The molecule has 1 atom stereocenters. The number of aliphatic hydroxyl groups excluding tert-OH is 1. The van der Waals surface area contributed by atoms with Gasteiger partial charge in [0, 0.05) is 12.6 Å². The molecule has 1 aliphatic rings. The largest absolute Gasteiger partial charge is 0.394 e. The van der Waals surface area contributed by atoms with Crippen LogP contribution in [0.4, 0.5) is 5.82 Å². The highest BCUT2D eigenvalue weighted by Gasteiger charge is 2.23. The van der Waals surface area contributed by atoms with Crippen LogP contribution in [-0.4, -0.2) is 47.5 Å². The Labute approximate surface area is 92.9 Å². The fraction of sp³-hybridized carbons (Fsp3) is 0.600. The molecule has 1 fully saturated rings. The van der Waals surface area contributed by atoms with E-state index in [1.807, 2.05) is 4.90 Å². The number of ether oxygens (including phenoxy) is 1. The number of aryl methyl sites for hydroxylation is 1. The van der Waals surface area contributed by atoms with Crippen molar-refractivity contribution in [3.63, 3.8) is 0 Å². The summed E-state index contributed by atoms with van der Waals surface area (Å²) >= 11 is 0. The lowest BCUT2D eigenvalue weighted by Gasteiger charge is -2.35. The van der Waals surface area contributed by atoms with Gasteiger partial charge in [-0.1, -0.05) is 0 Å². The number of aromatic nitrogens is 2. The second kappa shape index (κ2) is 4.63.